The zero-order valence-corrected chi connectivity index (χ0v) is 10.6. The van der Waals surface area contributed by atoms with Crippen LogP contribution in [0.3, 0.4) is 0 Å². The summed E-state index contributed by atoms with van der Waals surface area (Å²) in [5.41, 5.74) is 0.851. The fourth-order valence-corrected chi connectivity index (χ4v) is 2.29. The van der Waals surface area contributed by atoms with Crippen molar-refractivity contribution in [1.82, 2.24) is 14.8 Å². The van der Waals surface area contributed by atoms with Crippen LogP contribution in [0, 0.1) is 0 Å². The Morgan fingerprint density at radius 1 is 1.39 bits per heavy atom. The highest BCUT2D eigenvalue weighted by Crippen LogP contribution is 2.23. The lowest BCUT2D eigenvalue weighted by atomic mass is 10.1. The van der Waals surface area contributed by atoms with Crippen molar-refractivity contribution in [3.05, 3.63) is 30.1 Å². The molecule has 1 saturated heterocycles. The number of carboxylic acids is 1. The second kappa shape index (κ2) is 5.93. The Morgan fingerprint density at radius 3 is 2.67 bits per heavy atom. The highest BCUT2D eigenvalue weighted by molar-refractivity contribution is 5.67. The molecular formula is C13H19N3O2. The molecule has 1 fully saturated rings. The molecule has 1 aliphatic heterocycles. The summed E-state index contributed by atoms with van der Waals surface area (Å²) in [6.07, 6.45) is 1.83. The molecule has 0 saturated carbocycles. The monoisotopic (exact) mass is 249 g/mol. The summed E-state index contributed by atoms with van der Waals surface area (Å²) >= 11 is 0. The van der Waals surface area contributed by atoms with Crippen molar-refractivity contribution >= 4 is 5.97 Å². The predicted molar refractivity (Wildman–Crippen MR) is 68.3 cm³/mol. The van der Waals surface area contributed by atoms with Crippen LogP contribution in [0.4, 0.5) is 0 Å². The van der Waals surface area contributed by atoms with Gasteiger partial charge < -0.3 is 10.0 Å². The third-order valence-corrected chi connectivity index (χ3v) is 3.38. The minimum Gasteiger partial charge on any atom is -0.481 e. The molecule has 0 aromatic carbocycles. The van der Waals surface area contributed by atoms with Gasteiger partial charge in [0, 0.05) is 32.4 Å². The standard InChI is InChI=1S/C13H19N3O2/c1-15-6-8-16(9-7-15)12(10-13(17)18)11-4-2-3-5-14-11/h2-5,12H,6-10H2,1H3,(H,17,18). The molecule has 0 amide bonds. The van der Waals surface area contributed by atoms with Gasteiger partial charge in [0.1, 0.15) is 0 Å². The average Bonchev–Trinajstić information content (AvgIpc) is 2.38. The number of hydrogen-bond acceptors (Lipinski definition) is 4. The summed E-state index contributed by atoms with van der Waals surface area (Å²) in [6.45, 7) is 3.74. The average molecular weight is 249 g/mol. The zero-order chi connectivity index (χ0) is 13.0. The van der Waals surface area contributed by atoms with Crippen molar-refractivity contribution in [2.24, 2.45) is 0 Å². The number of piperazine rings is 1. The van der Waals surface area contributed by atoms with Gasteiger partial charge in [0.25, 0.3) is 0 Å². The van der Waals surface area contributed by atoms with Crippen molar-refractivity contribution in [3.8, 4) is 0 Å². The number of pyridine rings is 1. The second-order valence-electron chi connectivity index (χ2n) is 4.71. The molecule has 98 valence electrons. The molecule has 1 unspecified atom stereocenters. The van der Waals surface area contributed by atoms with Crippen LogP contribution in [0.5, 0.6) is 0 Å². The first-order valence-electron chi connectivity index (χ1n) is 6.22. The van der Waals surface area contributed by atoms with E-state index in [0.29, 0.717) is 0 Å². The van der Waals surface area contributed by atoms with Crippen LogP contribution in [0.25, 0.3) is 0 Å². The van der Waals surface area contributed by atoms with E-state index < -0.39 is 5.97 Å². The fraction of sp³-hybridized carbons (Fsp3) is 0.538. The van der Waals surface area contributed by atoms with Crippen LogP contribution >= 0.6 is 0 Å². The summed E-state index contributed by atoms with van der Waals surface area (Å²) in [5.74, 6) is -0.774. The van der Waals surface area contributed by atoms with Crippen molar-refractivity contribution < 1.29 is 9.90 Å². The van der Waals surface area contributed by atoms with E-state index in [0.717, 1.165) is 31.9 Å². The van der Waals surface area contributed by atoms with E-state index in [1.807, 2.05) is 18.2 Å². The third kappa shape index (κ3) is 3.27. The van der Waals surface area contributed by atoms with Crippen molar-refractivity contribution in [2.45, 2.75) is 12.5 Å². The van der Waals surface area contributed by atoms with Gasteiger partial charge in [0.2, 0.25) is 0 Å². The summed E-state index contributed by atoms with van der Waals surface area (Å²) in [4.78, 5) is 19.8. The summed E-state index contributed by atoms with van der Waals surface area (Å²) in [5, 5.41) is 9.06. The van der Waals surface area contributed by atoms with Crippen LogP contribution in [0.1, 0.15) is 18.2 Å². The van der Waals surface area contributed by atoms with E-state index in [1.54, 1.807) is 6.20 Å². The van der Waals surface area contributed by atoms with Gasteiger partial charge in [0.05, 0.1) is 18.2 Å². The molecule has 1 N–H and O–H groups in total. The van der Waals surface area contributed by atoms with Gasteiger partial charge in [-0.25, -0.2) is 0 Å². The quantitative estimate of drug-likeness (QED) is 0.857. The normalized spacial score (nSPS) is 19.6. The number of carboxylic acid groups (broad SMARTS) is 1. The minimum atomic E-state index is -0.774. The van der Waals surface area contributed by atoms with Crippen molar-refractivity contribution in [3.63, 3.8) is 0 Å². The first-order valence-corrected chi connectivity index (χ1v) is 6.22. The molecule has 0 spiro atoms. The molecule has 0 bridgehead atoms. The maximum absolute atomic E-state index is 11.0. The molecule has 2 rings (SSSR count). The predicted octanol–water partition coefficient (Wildman–Crippen LogP) is 0.845. The number of aliphatic carboxylic acids is 1. The molecule has 1 aliphatic rings. The molecule has 18 heavy (non-hydrogen) atoms. The van der Waals surface area contributed by atoms with Crippen LogP contribution < -0.4 is 0 Å². The summed E-state index contributed by atoms with van der Waals surface area (Å²) in [7, 11) is 2.09. The Kier molecular flexibility index (Phi) is 4.28. The highest BCUT2D eigenvalue weighted by Gasteiger charge is 2.26. The van der Waals surface area contributed by atoms with Gasteiger partial charge in [-0.15, -0.1) is 0 Å². The lowest BCUT2D eigenvalue weighted by molar-refractivity contribution is -0.138. The van der Waals surface area contributed by atoms with E-state index in [4.69, 9.17) is 5.11 Å². The number of hydrogen-bond donors (Lipinski definition) is 1. The maximum Gasteiger partial charge on any atom is 0.305 e. The van der Waals surface area contributed by atoms with Gasteiger partial charge in [0.15, 0.2) is 0 Å². The minimum absolute atomic E-state index is 0.112. The first-order chi connectivity index (χ1) is 8.66. The van der Waals surface area contributed by atoms with Crippen molar-refractivity contribution in [2.75, 3.05) is 33.2 Å². The number of nitrogens with zero attached hydrogens (tertiary/aromatic N) is 3. The smallest absolute Gasteiger partial charge is 0.305 e. The molecule has 5 heteroatoms. The zero-order valence-electron chi connectivity index (χ0n) is 10.6. The van der Waals surface area contributed by atoms with Gasteiger partial charge in [-0.05, 0) is 19.2 Å². The molecule has 1 aromatic rings. The third-order valence-electron chi connectivity index (χ3n) is 3.38. The van der Waals surface area contributed by atoms with Gasteiger partial charge in [-0.3, -0.25) is 14.7 Å². The Hall–Kier alpha value is -1.46. The Labute approximate surface area is 107 Å². The number of aromatic nitrogens is 1. The van der Waals surface area contributed by atoms with Crippen LogP contribution in [-0.2, 0) is 4.79 Å². The number of rotatable bonds is 4. The first kappa shape index (κ1) is 13.0. The van der Waals surface area contributed by atoms with E-state index in [9.17, 15) is 4.79 Å². The van der Waals surface area contributed by atoms with Gasteiger partial charge in [-0.1, -0.05) is 6.07 Å². The van der Waals surface area contributed by atoms with E-state index in [2.05, 4.69) is 21.8 Å². The highest BCUT2D eigenvalue weighted by atomic mass is 16.4. The molecule has 1 aromatic heterocycles. The molecule has 2 heterocycles. The fourth-order valence-electron chi connectivity index (χ4n) is 2.29. The Balaban J connectivity index is 2.12. The van der Waals surface area contributed by atoms with E-state index in [-0.39, 0.29) is 12.5 Å². The number of carbonyl (C=O) groups is 1. The van der Waals surface area contributed by atoms with E-state index in [1.165, 1.54) is 0 Å². The summed E-state index contributed by atoms with van der Waals surface area (Å²) < 4.78 is 0. The Morgan fingerprint density at radius 2 is 2.11 bits per heavy atom. The molecule has 5 nitrogen and oxygen atoms in total. The largest absolute Gasteiger partial charge is 0.481 e. The Bertz CT molecular complexity index is 388. The van der Waals surface area contributed by atoms with Gasteiger partial charge in [-0.2, -0.15) is 0 Å². The van der Waals surface area contributed by atoms with Crippen molar-refractivity contribution in [1.29, 1.82) is 0 Å². The number of likely N-dealkylation sites (N-methyl/N-ethyl adjacent to an activating group) is 1. The van der Waals surface area contributed by atoms with Crippen LogP contribution in [0.2, 0.25) is 0 Å². The maximum atomic E-state index is 11.0. The molecule has 1 atom stereocenters. The lowest BCUT2D eigenvalue weighted by Gasteiger charge is -2.37. The molecule has 0 radical (unpaired) electrons. The molecule has 0 aliphatic carbocycles. The van der Waals surface area contributed by atoms with E-state index >= 15 is 0 Å². The lowest BCUT2D eigenvalue weighted by Crippen LogP contribution is -2.46. The second-order valence-corrected chi connectivity index (χ2v) is 4.71. The topological polar surface area (TPSA) is 56.7 Å². The van der Waals surface area contributed by atoms with Crippen LogP contribution in [0.15, 0.2) is 24.4 Å². The summed E-state index contributed by atoms with van der Waals surface area (Å²) in [6, 6.07) is 5.56. The van der Waals surface area contributed by atoms with Gasteiger partial charge >= 0.3 is 5.97 Å². The van der Waals surface area contributed by atoms with Crippen LogP contribution in [-0.4, -0.2) is 59.1 Å². The SMILES string of the molecule is CN1CCN(C(CC(=O)O)c2ccccn2)CC1. The molecular weight excluding hydrogens is 230 g/mol.